The summed E-state index contributed by atoms with van der Waals surface area (Å²) < 4.78 is 6.80. The topological polar surface area (TPSA) is 73.0 Å². The van der Waals surface area contributed by atoms with Gasteiger partial charge in [-0.3, -0.25) is 4.79 Å². The number of hydrogen-bond donors (Lipinski definition) is 1. The lowest BCUT2D eigenvalue weighted by molar-refractivity contribution is -0.113. The minimum absolute atomic E-state index is 0.120. The fourth-order valence-corrected chi connectivity index (χ4v) is 2.86. The number of nitrogens with zero attached hydrogens (tertiary/aromatic N) is 3. The van der Waals surface area contributed by atoms with E-state index in [1.807, 2.05) is 12.1 Å². The van der Waals surface area contributed by atoms with Gasteiger partial charge in [0.1, 0.15) is 18.4 Å². The number of carbonyl (C=O) groups excluding carboxylic acids is 1. The van der Waals surface area contributed by atoms with Crippen LogP contribution in [0.2, 0.25) is 5.02 Å². The number of nitrogens with one attached hydrogen (secondary N) is 1. The molecule has 6 nitrogen and oxygen atoms in total. The first-order chi connectivity index (χ1) is 11.2. The van der Waals surface area contributed by atoms with Gasteiger partial charge in [-0.05, 0) is 30.3 Å². The molecule has 0 aliphatic carbocycles. The van der Waals surface area contributed by atoms with Gasteiger partial charge in [0.05, 0.1) is 29.1 Å². The smallest absolute Gasteiger partial charge is 0.234 e. The molecule has 0 saturated carbocycles. The molecule has 0 saturated heterocycles. The summed E-state index contributed by atoms with van der Waals surface area (Å²) in [5.41, 5.74) is 1.29. The minimum atomic E-state index is -0.120. The van der Waals surface area contributed by atoms with Crippen LogP contribution >= 0.6 is 23.4 Å². The number of carbonyl (C=O) groups is 1. The van der Waals surface area contributed by atoms with Crippen LogP contribution in [-0.2, 0) is 10.5 Å². The molecule has 23 heavy (non-hydrogen) atoms. The van der Waals surface area contributed by atoms with Crippen molar-refractivity contribution in [2.24, 2.45) is 0 Å². The molecule has 0 spiro atoms. The van der Waals surface area contributed by atoms with Crippen LogP contribution in [0.1, 0.15) is 5.76 Å². The van der Waals surface area contributed by atoms with Crippen LogP contribution < -0.4 is 5.32 Å². The Bertz CT molecular complexity index is 775. The summed E-state index contributed by atoms with van der Waals surface area (Å²) in [7, 11) is 0. The van der Waals surface area contributed by atoms with E-state index in [0.717, 1.165) is 5.76 Å². The van der Waals surface area contributed by atoms with Crippen LogP contribution in [-0.4, -0.2) is 26.4 Å². The lowest BCUT2D eigenvalue weighted by atomic mass is 10.2. The van der Waals surface area contributed by atoms with Gasteiger partial charge >= 0.3 is 0 Å². The van der Waals surface area contributed by atoms with E-state index in [4.69, 9.17) is 16.0 Å². The first kappa shape index (κ1) is 15.6. The zero-order chi connectivity index (χ0) is 16.1. The Balaban J connectivity index is 1.64. The predicted octanol–water partition coefficient (Wildman–Crippen LogP) is 3.39. The highest BCUT2D eigenvalue weighted by atomic mass is 35.5. The van der Waals surface area contributed by atoms with Crippen LogP contribution in [0.5, 0.6) is 0 Å². The summed E-state index contributed by atoms with van der Waals surface area (Å²) in [6.07, 6.45) is 4.61. The number of hydrogen-bond acceptors (Lipinski definition) is 5. The lowest BCUT2D eigenvalue weighted by Gasteiger charge is -2.11. The fourth-order valence-electron chi connectivity index (χ4n) is 1.97. The van der Waals surface area contributed by atoms with E-state index < -0.39 is 0 Å². The van der Waals surface area contributed by atoms with Crippen molar-refractivity contribution in [3.05, 3.63) is 60.0 Å². The molecule has 1 amide bonds. The molecule has 0 aliphatic rings. The zero-order valence-corrected chi connectivity index (χ0v) is 13.5. The van der Waals surface area contributed by atoms with Gasteiger partial charge in [-0.25, -0.2) is 9.67 Å². The Morgan fingerprint density at radius 1 is 1.39 bits per heavy atom. The molecule has 0 unspecified atom stereocenters. The van der Waals surface area contributed by atoms with Crippen molar-refractivity contribution in [2.45, 2.75) is 5.75 Å². The van der Waals surface area contributed by atoms with Crippen molar-refractivity contribution < 1.29 is 9.21 Å². The second kappa shape index (κ2) is 7.34. The van der Waals surface area contributed by atoms with Gasteiger partial charge < -0.3 is 9.73 Å². The standard InChI is InChI=1S/C15H13ClN4O2S/c16-11-3-4-14(20-10-17-9-18-20)13(6-11)19-15(21)8-23-7-12-2-1-5-22-12/h1-6,9-10H,7-8H2,(H,19,21). The van der Waals surface area contributed by atoms with Gasteiger partial charge in [0.25, 0.3) is 0 Å². The van der Waals surface area contributed by atoms with E-state index in [2.05, 4.69) is 15.4 Å². The average molecular weight is 349 g/mol. The van der Waals surface area contributed by atoms with Gasteiger partial charge in [0, 0.05) is 5.02 Å². The molecule has 8 heteroatoms. The predicted molar refractivity (Wildman–Crippen MR) is 89.9 cm³/mol. The molecule has 0 bridgehead atoms. The van der Waals surface area contributed by atoms with E-state index in [0.29, 0.717) is 27.9 Å². The molecule has 118 valence electrons. The van der Waals surface area contributed by atoms with E-state index in [9.17, 15) is 4.79 Å². The van der Waals surface area contributed by atoms with Crippen LogP contribution in [0, 0.1) is 0 Å². The lowest BCUT2D eigenvalue weighted by Crippen LogP contribution is -2.16. The van der Waals surface area contributed by atoms with Gasteiger partial charge in [0.2, 0.25) is 5.91 Å². The van der Waals surface area contributed by atoms with Gasteiger partial charge in [-0.2, -0.15) is 5.10 Å². The molecular formula is C15H13ClN4O2S. The van der Waals surface area contributed by atoms with Gasteiger partial charge in [-0.15, -0.1) is 11.8 Å². The summed E-state index contributed by atoms with van der Waals surface area (Å²) in [5, 5.41) is 7.46. The highest BCUT2D eigenvalue weighted by Gasteiger charge is 2.10. The summed E-state index contributed by atoms with van der Waals surface area (Å²) in [4.78, 5) is 16.0. The Morgan fingerprint density at radius 3 is 3.04 bits per heavy atom. The SMILES string of the molecule is O=C(CSCc1ccco1)Nc1cc(Cl)ccc1-n1cncn1. The molecule has 1 aromatic carbocycles. The van der Waals surface area contributed by atoms with Crippen molar-refractivity contribution in [3.8, 4) is 5.69 Å². The summed E-state index contributed by atoms with van der Waals surface area (Å²) >= 11 is 7.49. The number of furan rings is 1. The maximum Gasteiger partial charge on any atom is 0.234 e. The molecule has 3 aromatic rings. The number of aromatic nitrogens is 3. The molecule has 3 rings (SSSR count). The van der Waals surface area contributed by atoms with E-state index in [-0.39, 0.29) is 5.91 Å². The number of amides is 1. The number of thioether (sulfide) groups is 1. The quantitative estimate of drug-likeness (QED) is 0.739. The average Bonchev–Trinajstić information content (AvgIpc) is 3.20. The molecule has 0 radical (unpaired) electrons. The summed E-state index contributed by atoms with van der Waals surface area (Å²) in [5.74, 6) is 1.68. The van der Waals surface area contributed by atoms with Crippen LogP contribution in [0.15, 0.2) is 53.7 Å². The molecular weight excluding hydrogens is 336 g/mol. The van der Waals surface area contributed by atoms with Crippen molar-refractivity contribution in [1.29, 1.82) is 0 Å². The third kappa shape index (κ3) is 4.14. The molecule has 2 aromatic heterocycles. The third-order valence-corrected chi connectivity index (χ3v) is 4.15. The molecule has 0 fully saturated rings. The first-order valence-electron chi connectivity index (χ1n) is 6.77. The second-order valence-electron chi connectivity index (χ2n) is 4.62. The van der Waals surface area contributed by atoms with E-state index >= 15 is 0 Å². The normalized spacial score (nSPS) is 10.7. The zero-order valence-electron chi connectivity index (χ0n) is 12.0. The van der Waals surface area contributed by atoms with Crippen molar-refractivity contribution in [2.75, 3.05) is 11.1 Å². The maximum absolute atomic E-state index is 12.1. The van der Waals surface area contributed by atoms with Crippen LogP contribution in [0.4, 0.5) is 5.69 Å². The Morgan fingerprint density at radius 2 is 2.30 bits per heavy atom. The highest BCUT2D eigenvalue weighted by molar-refractivity contribution is 7.99. The molecule has 0 atom stereocenters. The van der Waals surface area contributed by atoms with Crippen molar-refractivity contribution in [1.82, 2.24) is 14.8 Å². The second-order valence-corrected chi connectivity index (χ2v) is 6.04. The molecule has 1 N–H and O–H groups in total. The van der Waals surface area contributed by atoms with Gasteiger partial charge in [0.15, 0.2) is 0 Å². The number of halogens is 1. The highest BCUT2D eigenvalue weighted by Crippen LogP contribution is 2.24. The maximum atomic E-state index is 12.1. The largest absolute Gasteiger partial charge is 0.468 e. The fraction of sp³-hybridized carbons (Fsp3) is 0.133. The third-order valence-electron chi connectivity index (χ3n) is 2.96. The van der Waals surface area contributed by atoms with E-state index in [1.54, 1.807) is 35.5 Å². The number of rotatable bonds is 6. The minimum Gasteiger partial charge on any atom is -0.468 e. The Hall–Kier alpha value is -2.25. The van der Waals surface area contributed by atoms with Crippen molar-refractivity contribution >= 4 is 35.0 Å². The summed E-state index contributed by atoms with van der Waals surface area (Å²) in [6.45, 7) is 0. The van der Waals surface area contributed by atoms with Gasteiger partial charge in [-0.1, -0.05) is 11.6 Å². The Labute approximate surface area is 141 Å². The number of anilines is 1. The van der Waals surface area contributed by atoms with Crippen molar-refractivity contribution in [3.63, 3.8) is 0 Å². The Kier molecular flexibility index (Phi) is 4.99. The first-order valence-corrected chi connectivity index (χ1v) is 8.30. The van der Waals surface area contributed by atoms with Crippen LogP contribution in [0.3, 0.4) is 0 Å². The molecule has 0 aliphatic heterocycles. The monoisotopic (exact) mass is 348 g/mol. The summed E-state index contributed by atoms with van der Waals surface area (Å²) in [6, 6.07) is 8.91. The number of benzene rings is 1. The van der Waals surface area contributed by atoms with E-state index in [1.165, 1.54) is 18.1 Å². The van der Waals surface area contributed by atoms with Crippen LogP contribution in [0.25, 0.3) is 5.69 Å². The molecule has 2 heterocycles.